The highest BCUT2D eigenvalue weighted by Gasteiger charge is 1.96. The van der Waals surface area contributed by atoms with Crippen molar-refractivity contribution in [3.8, 4) is 11.8 Å². The van der Waals surface area contributed by atoms with Crippen LogP contribution < -0.4 is 4.74 Å². The molecule has 0 fully saturated rings. The zero-order valence-corrected chi connectivity index (χ0v) is 8.40. The number of rotatable bonds is 3. The van der Waals surface area contributed by atoms with Gasteiger partial charge in [-0.1, -0.05) is 12.1 Å². The van der Waals surface area contributed by atoms with Crippen LogP contribution in [0.1, 0.15) is 19.4 Å². The molecule has 0 radical (unpaired) electrons. The highest BCUT2D eigenvalue weighted by atomic mass is 16.5. The van der Waals surface area contributed by atoms with Crippen LogP contribution in [0.2, 0.25) is 0 Å². The van der Waals surface area contributed by atoms with E-state index in [1.807, 2.05) is 44.2 Å². The monoisotopic (exact) mass is 187 g/mol. The van der Waals surface area contributed by atoms with Crippen molar-refractivity contribution in [1.29, 1.82) is 5.26 Å². The van der Waals surface area contributed by atoms with Gasteiger partial charge in [-0.3, -0.25) is 0 Å². The fraction of sp³-hybridized carbons (Fsp3) is 0.250. The van der Waals surface area contributed by atoms with Crippen molar-refractivity contribution >= 4 is 6.08 Å². The highest BCUT2D eigenvalue weighted by molar-refractivity contribution is 5.53. The highest BCUT2D eigenvalue weighted by Crippen LogP contribution is 2.15. The van der Waals surface area contributed by atoms with Crippen LogP contribution in [0.3, 0.4) is 0 Å². The molecule has 72 valence electrons. The lowest BCUT2D eigenvalue weighted by Gasteiger charge is -2.09. The lowest BCUT2D eigenvalue weighted by atomic mass is 10.2. The van der Waals surface area contributed by atoms with Gasteiger partial charge < -0.3 is 4.74 Å². The first-order valence-electron chi connectivity index (χ1n) is 4.55. The van der Waals surface area contributed by atoms with Gasteiger partial charge in [0.05, 0.1) is 12.2 Å². The van der Waals surface area contributed by atoms with E-state index in [0.717, 1.165) is 11.3 Å². The summed E-state index contributed by atoms with van der Waals surface area (Å²) in [5, 5.41) is 8.37. The maximum Gasteiger partial charge on any atom is 0.120 e. The standard InChI is InChI=1S/C12H13NO/c1-10(2)14-12-7-3-5-11(9-12)6-4-8-13/h3-7,9-10H,1-2H3/b6-4+. The Hall–Kier alpha value is -1.75. The van der Waals surface area contributed by atoms with Crippen LogP contribution in [-0.2, 0) is 0 Å². The second kappa shape index (κ2) is 5.08. The number of ether oxygens (including phenoxy) is 1. The van der Waals surface area contributed by atoms with E-state index in [2.05, 4.69) is 0 Å². The van der Waals surface area contributed by atoms with Crippen LogP contribution in [0.25, 0.3) is 6.08 Å². The van der Waals surface area contributed by atoms with Gasteiger partial charge in [0.15, 0.2) is 0 Å². The summed E-state index contributed by atoms with van der Waals surface area (Å²) in [5.74, 6) is 0.833. The normalized spacial score (nSPS) is 10.4. The van der Waals surface area contributed by atoms with Gasteiger partial charge in [-0.15, -0.1) is 0 Å². The van der Waals surface area contributed by atoms with Gasteiger partial charge in [0.25, 0.3) is 0 Å². The molecule has 0 N–H and O–H groups in total. The van der Waals surface area contributed by atoms with Crippen LogP contribution in [-0.4, -0.2) is 6.10 Å². The van der Waals surface area contributed by atoms with Crippen molar-refractivity contribution in [1.82, 2.24) is 0 Å². The molecule has 2 heteroatoms. The quantitative estimate of drug-likeness (QED) is 0.681. The first-order chi connectivity index (χ1) is 6.72. The Balaban J connectivity index is 2.80. The molecule has 1 aromatic rings. The van der Waals surface area contributed by atoms with Crippen molar-refractivity contribution in [2.75, 3.05) is 0 Å². The fourth-order valence-corrected chi connectivity index (χ4v) is 1.10. The van der Waals surface area contributed by atoms with Crippen molar-refractivity contribution in [3.63, 3.8) is 0 Å². The summed E-state index contributed by atoms with van der Waals surface area (Å²) in [6.07, 6.45) is 3.38. The molecule has 0 saturated carbocycles. The lowest BCUT2D eigenvalue weighted by Crippen LogP contribution is -2.05. The zero-order valence-electron chi connectivity index (χ0n) is 8.40. The summed E-state index contributed by atoms with van der Waals surface area (Å²) in [5.41, 5.74) is 0.977. The van der Waals surface area contributed by atoms with E-state index in [9.17, 15) is 0 Å². The summed E-state index contributed by atoms with van der Waals surface area (Å²) >= 11 is 0. The van der Waals surface area contributed by atoms with E-state index in [-0.39, 0.29) is 6.10 Å². The Morgan fingerprint density at radius 2 is 2.21 bits per heavy atom. The van der Waals surface area contributed by atoms with E-state index in [1.54, 1.807) is 6.08 Å². The number of hydrogen-bond donors (Lipinski definition) is 0. The van der Waals surface area contributed by atoms with Crippen LogP contribution >= 0.6 is 0 Å². The summed E-state index contributed by atoms with van der Waals surface area (Å²) in [7, 11) is 0. The number of allylic oxidation sites excluding steroid dienone is 1. The van der Waals surface area contributed by atoms with Crippen molar-refractivity contribution in [2.45, 2.75) is 20.0 Å². The Labute approximate surface area is 84.4 Å². The molecule has 0 saturated heterocycles. The van der Waals surface area contributed by atoms with Crippen LogP contribution in [0.15, 0.2) is 30.3 Å². The van der Waals surface area contributed by atoms with Gasteiger partial charge in [0.1, 0.15) is 5.75 Å². The van der Waals surface area contributed by atoms with Crippen LogP contribution in [0.4, 0.5) is 0 Å². The smallest absolute Gasteiger partial charge is 0.120 e. The average molecular weight is 187 g/mol. The number of hydrogen-bond acceptors (Lipinski definition) is 2. The molecule has 1 aromatic carbocycles. The average Bonchev–Trinajstić information content (AvgIpc) is 2.14. The van der Waals surface area contributed by atoms with E-state index in [1.165, 1.54) is 6.08 Å². The van der Waals surface area contributed by atoms with Crippen LogP contribution in [0.5, 0.6) is 5.75 Å². The number of benzene rings is 1. The van der Waals surface area contributed by atoms with Crippen molar-refractivity contribution in [2.24, 2.45) is 0 Å². The second-order valence-corrected chi connectivity index (χ2v) is 3.20. The minimum atomic E-state index is 0.171. The van der Waals surface area contributed by atoms with Gasteiger partial charge in [0.2, 0.25) is 0 Å². The third-order valence-electron chi connectivity index (χ3n) is 1.58. The molecule has 0 amide bonds. The first-order valence-corrected chi connectivity index (χ1v) is 4.55. The van der Waals surface area contributed by atoms with Gasteiger partial charge in [0, 0.05) is 6.08 Å². The van der Waals surface area contributed by atoms with Gasteiger partial charge >= 0.3 is 0 Å². The number of nitriles is 1. The molecule has 2 nitrogen and oxygen atoms in total. The second-order valence-electron chi connectivity index (χ2n) is 3.20. The molecule has 0 aromatic heterocycles. The molecule has 0 aliphatic heterocycles. The molecule has 0 heterocycles. The molecule has 1 rings (SSSR count). The lowest BCUT2D eigenvalue weighted by molar-refractivity contribution is 0.242. The Bertz CT molecular complexity index is 361. The maximum atomic E-state index is 8.37. The molecule has 14 heavy (non-hydrogen) atoms. The topological polar surface area (TPSA) is 33.0 Å². The fourth-order valence-electron chi connectivity index (χ4n) is 1.10. The summed E-state index contributed by atoms with van der Waals surface area (Å²) in [4.78, 5) is 0. The molecule has 0 atom stereocenters. The molecule has 0 aliphatic rings. The first kappa shape index (κ1) is 10.3. The van der Waals surface area contributed by atoms with E-state index in [4.69, 9.17) is 10.00 Å². The molecular formula is C12H13NO. The summed E-state index contributed by atoms with van der Waals surface area (Å²) in [6.45, 7) is 3.97. The third-order valence-corrected chi connectivity index (χ3v) is 1.58. The number of nitrogens with zero attached hydrogens (tertiary/aromatic N) is 1. The largest absolute Gasteiger partial charge is 0.491 e. The minimum Gasteiger partial charge on any atom is -0.491 e. The Kier molecular flexibility index (Phi) is 3.75. The van der Waals surface area contributed by atoms with E-state index < -0.39 is 0 Å². The maximum absolute atomic E-state index is 8.37. The SMILES string of the molecule is CC(C)Oc1cccc(/C=C/C#N)c1. The molecular weight excluding hydrogens is 174 g/mol. The molecule has 0 spiro atoms. The van der Waals surface area contributed by atoms with Gasteiger partial charge in [-0.2, -0.15) is 5.26 Å². The van der Waals surface area contributed by atoms with E-state index >= 15 is 0 Å². The van der Waals surface area contributed by atoms with E-state index in [0.29, 0.717) is 0 Å². The Morgan fingerprint density at radius 1 is 1.43 bits per heavy atom. The minimum absolute atomic E-state index is 0.171. The van der Waals surface area contributed by atoms with Crippen molar-refractivity contribution in [3.05, 3.63) is 35.9 Å². The van der Waals surface area contributed by atoms with Crippen molar-refractivity contribution < 1.29 is 4.74 Å². The predicted molar refractivity (Wildman–Crippen MR) is 56.9 cm³/mol. The zero-order chi connectivity index (χ0) is 10.4. The third kappa shape index (κ3) is 3.32. The van der Waals surface area contributed by atoms with Gasteiger partial charge in [-0.25, -0.2) is 0 Å². The predicted octanol–water partition coefficient (Wildman–Crippen LogP) is 3.01. The van der Waals surface area contributed by atoms with Gasteiger partial charge in [-0.05, 0) is 37.6 Å². The summed E-state index contributed by atoms with van der Waals surface area (Å²) < 4.78 is 5.52. The summed E-state index contributed by atoms with van der Waals surface area (Å²) in [6, 6.07) is 9.62. The molecule has 0 bridgehead atoms. The molecule has 0 unspecified atom stereocenters. The molecule has 0 aliphatic carbocycles. The van der Waals surface area contributed by atoms with Crippen LogP contribution in [0, 0.1) is 11.3 Å². The Morgan fingerprint density at radius 3 is 2.86 bits per heavy atom.